The molecule has 0 unspecified atom stereocenters. The van der Waals surface area contributed by atoms with Crippen LogP contribution in [0.1, 0.15) is 24.6 Å². The van der Waals surface area contributed by atoms with E-state index in [0.717, 1.165) is 24.2 Å². The second kappa shape index (κ2) is 6.29. The first-order chi connectivity index (χ1) is 9.63. The van der Waals surface area contributed by atoms with Crippen LogP contribution in [0.3, 0.4) is 0 Å². The van der Waals surface area contributed by atoms with Crippen molar-refractivity contribution in [3.05, 3.63) is 51.8 Å². The summed E-state index contributed by atoms with van der Waals surface area (Å²) in [7, 11) is 0. The normalized spacial score (nSPS) is 10.7. The number of nitrogens with one attached hydrogen (secondary N) is 1. The Morgan fingerprint density at radius 3 is 2.90 bits per heavy atom. The van der Waals surface area contributed by atoms with Crippen molar-refractivity contribution in [2.75, 3.05) is 6.54 Å². The molecule has 106 valence electrons. The number of para-hydroxylation sites is 1. The van der Waals surface area contributed by atoms with Crippen LogP contribution in [0.2, 0.25) is 0 Å². The number of nitrogens with zero attached hydrogens (tertiary/aromatic N) is 3. The summed E-state index contributed by atoms with van der Waals surface area (Å²) in [5, 5.41) is 18.8. The first-order valence-corrected chi connectivity index (χ1v) is 6.63. The zero-order chi connectivity index (χ0) is 14.5. The van der Waals surface area contributed by atoms with E-state index in [4.69, 9.17) is 0 Å². The van der Waals surface area contributed by atoms with E-state index in [-0.39, 0.29) is 10.6 Å². The number of aryl methyl sites for hydroxylation is 1. The van der Waals surface area contributed by atoms with Gasteiger partial charge in [0.05, 0.1) is 10.6 Å². The van der Waals surface area contributed by atoms with Gasteiger partial charge in [-0.05, 0) is 31.5 Å². The second-order valence-electron chi connectivity index (χ2n) is 4.63. The molecule has 0 aliphatic rings. The van der Waals surface area contributed by atoms with Gasteiger partial charge in [0.2, 0.25) is 0 Å². The predicted octanol–water partition coefficient (Wildman–Crippen LogP) is 2.59. The van der Waals surface area contributed by atoms with E-state index in [1.807, 2.05) is 19.1 Å². The number of rotatable bonds is 6. The number of hydrogen-bond donors (Lipinski definition) is 1. The van der Waals surface area contributed by atoms with Gasteiger partial charge in [-0.3, -0.25) is 10.1 Å². The van der Waals surface area contributed by atoms with Crippen LogP contribution in [0, 0.1) is 17.0 Å². The average Bonchev–Trinajstić information content (AvgIpc) is 2.87. The smallest absolute Gasteiger partial charge is 0.295 e. The molecule has 0 spiro atoms. The Balaban J connectivity index is 2.30. The Morgan fingerprint density at radius 2 is 2.20 bits per heavy atom. The zero-order valence-corrected chi connectivity index (χ0v) is 11.7. The van der Waals surface area contributed by atoms with Crippen molar-refractivity contribution in [2.45, 2.75) is 26.8 Å². The van der Waals surface area contributed by atoms with Crippen LogP contribution in [0.4, 0.5) is 5.69 Å². The predicted molar refractivity (Wildman–Crippen MR) is 77.0 cm³/mol. The van der Waals surface area contributed by atoms with Crippen LogP contribution in [-0.4, -0.2) is 21.2 Å². The highest BCUT2D eigenvalue weighted by molar-refractivity contribution is 5.56. The van der Waals surface area contributed by atoms with Crippen molar-refractivity contribution >= 4 is 5.69 Å². The van der Waals surface area contributed by atoms with E-state index in [0.29, 0.717) is 12.2 Å². The van der Waals surface area contributed by atoms with E-state index < -0.39 is 0 Å². The lowest BCUT2D eigenvalue weighted by atomic mass is 10.1. The maximum absolute atomic E-state index is 11.1. The van der Waals surface area contributed by atoms with Gasteiger partial charge >= 0.3 is 0 Å². The van der Waals surface area contributed by atoms with Crippen molar-refractivity contribution in [2.24, 2.45) is 0 Å². The van der Waals surface area contributed by atoms with Crippen LogP contribution in [0.5, 0.6) is 0 Å². The van der Waals surface area contributed by atoms with Crippen molar-refractivity contribution in [1.29, 1.82) is 0 Å². The Labute approximate surface area is 117 Å². The number of nitro groups is 1. The molecule has 2 rings (SSSR count). The lowest BCUT2D eigenvalue weighted by Gasteiger charge is -2.06. The van der Waals surface area contributed by atoms with Gasteiger partial charge in [-0.2, -0.15) is 5.10 Å². The van der Waals surface area contributed by atoms with Crippen molar-refractivity contribution in [3.63, 3.8) is 0 Å². The first-order valence-electron chi connectivity index (χ1n) is 6.63. The van der Waals surface area contributed by atoms with Crippen molar-refractivity contribution in [3.8, 4) is 5.69 Å². The largest absolute Gasteiger partial charge is 0.311 e. The van der Waals surface area contributed by atoms with Gasteiger partial charge in [-0.1, -0.05) is 19.1 Å². The van der Waals surface area contributed by atoms with Gasteiger partial charge in [-0.25, -0.2) is 4.68 Å². The molecule has 0 saturated heterocycles. The molecule has 2 aromatic rings. The van der Waals surface area contributed by atoms with Gasteiger partial charge in [0.1, 0.15) is 5.69 Å². The minimum absolute atomic E-state index is 0.0705. The third kappa shape index (κ3) is 3.03. The molecule has 0 fully saturated rings. The Kier molecular flexibility index (Phi) is 4.47. The van der Waals surface area contributed by atoms with E-state index in [1.54, 1.807) is 16.9 Å². The maximum atomic E-state index is 11.1. The molecule has 20 heavy (non-hydrogen) atoms. The van der Waals surface area contributed by atoms with Gasteiger partial charge in [-0.15, -0.1) is 0 Å². The van der Waals surface area contributed by atoms with Crippen LogP contribution in [0.25, 0.3) is 5.69 Å². The van der Waals surface area contributed by atoms with Crippen LogP contribution in [0.15, 0.2) is 30.5 Å². The molecule has 1 N–H and O–H groups in total. The lowest BCUT2D eigenvalue weighted by molar-refractivity contribution is -0.384. The van der Waals surface area contributed by atoms with Crippen molar-refractivity contribution < 1.29 is 4.92 Å². The molecule has 6 heteroatoms. The number of benzene rings is 1. The van der Waals surface area contributed by atoms with E-state index in [1.165, 1.54) is 6.07 Å². The molecular weight excluding hydrogens is 256 g/mol. The number of nitro benzene ring substituents is 1. The highest BCUT2D eigenvalue weighted by Crippen LogP contribution is 2.25. The molecule has 0 saturated carbocycles. The van der Waals surface area contributed by atoms with Gasteiger partial charge in [0, 0.05) is 18.8 Å². The highest BCUT2D eigenvalue weighted by Gasteiger charge is 2.17. The molecule has 0 radical (unpaired) electrons. The Bertz CT molecular complexity index is 607. The monoisotopic (exact) mass is 274 g/mol. The van der Waals surface area contributed by atoms with Crippen molar-refractivity contribution in [1.82, 2.24) is 15.1 Å². The third-order valence-corrected chi connectivity index (χ3v) is 3.02. The summed E-state index contributed by atoms with van der Waals surface area (Å²) >= 11 is 0. The topological polar surface area (TPSA) is 73.0 Å². The summed E-state index contributed by atoms with van der Waals surface area (Å²) in [5.74, 6) is 0. The quantitative estimate of drug-likeness (QED) is 0.499. The number of aromatic nitrogens is 2. The molecule has 6 nitrogen and oxygen atoms in total. The summed E-state index contributed by atoms with van der Waals surface area (Å²) in [5.41, 5.74) is 2.30. The fourth-order valence-corrected chi connectivity index (χ4v) is 2.06. The minimum atomic E-state index is -0.376. The minimum Gasteiger partial charge on any atom is -0.311 e. The molecule has 0 aliphatic heterocycles. The van der Waals surface area contributed by atoms with E-state index in [9.17, 15) is 10.1 Å². The summed E-state index contributed by atoms with van der Waals surface area (Å²) < 4.78 is 1.58. The standard InChI is InChI=1S/C14H18N4O2/c1-3-8-15-10-12-7-9-17(16-12)14-11(2)5-4-6-13(14)18(19)20/h4-7,9,15H,3,8,10H2,1-2H3. The zero-order valence-electron chi connectivity index (χ0n) is 11.7. The lowest BCUT2D eigenvalue weighted by Crippen LogP contribution is -2.14. The molecule has 0 amide bonds. The summed E-state index contributed by atoms with van der Waals surface area (Å²) in [6.45, 7) is 5.54. The third-order valence-electron chi connectivity index (χ3n) is 3.02. The Morgan fingerprint density at radius 1 is 1.40 bits per heavy atom. The van der Waals surface area contributed by atoms with Crippen LogP contribution in [-0.2, 0) is 6.54 Å². The highest BCUT2D eigenvalue weighted by atomic mass is 16.6. The van der Waals surface area contributed by atoms with Crippen LogP contribution >= 0.6 is 0 Å². The van der Waals surface area contributed by atoms with Gasteiger partial charge < -0.3 is 5.32 Å². The molecule has 0 bridgehead atoms. The molecule has 1 aromatic heterocycles. The summed E-state index contributed by atoms with van der Waals surface area (Å²) in [6, 6.07) is 6.90. The Hall–Kier alpha value is -2.21. The molecular formula is C14H18N4O2. The summed E-state index contributed by atoms with van der Waals surface area (Å²) in [6.07, 6.45) is 2.82. The fourth-order valence-electron chi connectivity index (χ4n) is 2.06. The SMILES string of the molecule is CCCNCc1ccn(-c2c(C)cccc2[N+](=O)[O-])n1. The maximum Gasteiger partial charge on any atom is 0.295 e. The first kappa shape index (κ1) is 14.2. The molecule has 1 aromatic carbocycles. The molecule has 0 aliphatic carbocycles. The number of hydrogen-bond acceptors (Lipinski definition) is 4. The van der Waals surface area contributed by atoms with Gasteiger partial charge in [0.15, 0.2) is 0 Å². The summed E-state index contributed by atoms with van der Waals surface area (Å²) in [4.78, 5) is 10.7. The van der Waals surface area contributed by atoms with E-state index in [2.05, 4.69) is 17.3 Å². The second-order valence-corrected chi connectivity index (χ2v) is 4.63. The fraction of sp³-hybridized carbons (Fsp3) is 0.357. The van der Waals surface area contributed by atoms with Gasteiger partial charge in [0.25, 0.3) is 5.69 Å². The average molecular weight is 274 g/mol. The molecule has 0 atom stereocenters. The van der Waals surface area contributed by atoms with E-state index >= 15 is 0 Å². The molecule has 1 heterocycles. The van der Waals surface area contributed by atoms with Crippen LogP contribution < -0.4 is 5.32 Å².